The summed E-state index contributed by atoms with van der Waals surface area (Å²) in [4.78, 5) is 31.8. The highest BCUT2D eigenvalue weighted by Crippen LogP contribution is 2.32. The van der Waals surface area contributed by atoms with Gasteiger partial charge in [0.05, 0.1) is 16.8 Å². The number of benzene rings is 1. The van der Waals surface area contributed by atoms with Gasteiger partial charge in [-0.2, -0.15) is 0 Å². The van der Waals surface area contributed by atoms with E-state index < -0.39 is 19.8 Å². The number of likely N-dealkylation sites (N-methyl/N-ethyl adjacent to an activating group) is 1. The lowest BCUT2D eigenvalue weighted by Crippen LogP contribution is -2.44. The lowest BCUT2D eigenvalue weighted by Gasteiger charge is -2.34. The van der Waals surface area contributed by atoms with Gasteiger partial charge in [-0.05, 0) is 64.2 Å². The molecule has 1 saturated heterocycles. The van der Waals surface area contributed by atoms with Gasteiger partial charge in [0.2, 0.25) is 0 Å². The normalized spacial score (nSPS) is 15.2. The SMILES string of the molecule is CN1CCN(c2ccc3c(c2)cc(-c2cc(N)cn(COCC[Si](C)(C)C)c2=O)n3C(=O)OC(C)(C)C)CC1. The van der Waals surface area contributed by atoms with E-state index in [-0.39, 0.29) is 12.3 Å². The number of hydrogen-bond acceptors (Lipinski definition) is 7. The molecule has 0 bridgehead atoms. The Morgan fingerprint density at radius 3 is 2.38 bits per heavy atom. The number of pyridine rings is 1. The number of fused-ring (bicyclic) bond motifs is 1. The molecule has 3 aromatic rings. The summed E-state index contributed by atoms with van der Waals surface area (Å²) in [7, 11) is 0.868. The number of hydrogen-bond donors (Lipinski definition) is 1. The number of nitrogen functional groups attached to an aromatic ring is 1. The molecule has 10 heteroatoms. The van der Waals surface area contributed by atoms with Crippen molar-refractivity contribution in [2.24, 2.45) is 0 Å². The van der Waals surface area contributed by atoms with Crippen molar-refractivity contribution in [3.63, 3.8) is 0 Å². The minimum Gasteiger partial charge on any atom is -0.443 e. The first-order valence-corrected chi connectivity index (χ1v) is 17.3. The Balaban J connectivity index is 1.77. The first kappa shape index (κ1) is 28.9. The van der Waals surface area contributed by atoms with Gasteiger partial charge in [-0.3, -0.25) is 9.36 Å². The predicted octanol–water partition coefficient (Wildman–Crippen LogP) is 4.90. The molecular weight excluding hydrogens is 510 g/mol. The number of ether oxygens (including phenoxy) is 2. The molecule has 4 rings (SSSR count). The number of rotatable bonds is 7. The van der Waals surface area contributed by atoms with Gasteiger partial charge in [-0.25, -0.2) is 9.36 Å². The number of carbonyl (C=O) groups excluding carboxylic acids is 1. The average molecular weight is 554 g/mol. The van der Waals surface area contributed by atoms with Crippen molar-refractivity contribution < 1.29 is 14.3 Å². The van der Waals surface area contributed by atoms with Crippen molar-refractivity contribution in [1.82, 2.24) is 14.0 Å². The second-order valence-electron chi connectivity index (χ2n) is 12.7. The Bertz CT molecular complexity index is 1390. The fraction of sp³-hybridized carbons (Fsp3) is 0.517. The van der Waals surface area contributed by atoms with E-state index in [1.54, 1.807) is 12.3 Å². The molecule has 0 saturated carbocycles. The first-order chi connectivity index (χ1) is 18.2. The standard InChI is InChI=1S/C29H43N5O4Si/c1-29(2,3)38-28(36)34-25-9-8-23(32-12-10-31(4)11-13-32)16-21(25)17-26(34)24-18-22(30)19-33(27(24)35)20-37-14-15-39(5,6)7/h8-9,16-19H,10-15,20,30H2,1-7H3. The Morgan fingerprint density at radius 2 is 1.74 bits per heavy atom. The maximum Gasteiger partial charge on any atom is 0.419 e. The molecule has 212 valence electrons. The van der Waals surface area contributed by atoms with Gasteiger partial charge >= 0.3 is 6.09 Å². The van der Waals surface area contributed by atoms with Crippen LogP contribution in [0.3, 0.4) is 0 Å². The molecule has 3 heterocycles. The Labute approximate surface area is 232 Å². The minimum absolute atomic E-state index is 0.0988. The molecule has 0 atom stereocenters. The number of piperazine rings is 1. The summed E-state index contributed by atoms with van der Waals surface area (Å²) in [5.74, 6) is 0. The molecule has 2 aromatic heterocycles. The van der Waals surface area contributed by atoms with Crippen molar-refractivity contribution in [3.8, 4) is 11.3 Å². The largest absolute Gasteiger partial charge is 0.443 e. The number of nitrogens with two attached hydrogens (primary N) is 1. The molecular formula is C29H43N5O4Si. The summed E-state index contributed by atoms with van der Waals surface area (Å²) in [6.45, 7) is 16.9. The van der Waals surface area contributed by atoms with Crippen LogP contribution < -0.4 is 16.2 Å². The van der Waals surface area contributed by atoms with Crippen LogP contribution in [0, 0.1) is 0 Å². The topological polar surface area (TPSA) is 95.0 Å². The summed E-state index contributed by atoms with van der Waals surface area (Å²) < 4.78 is 14.6. The Morgan fingerprint density at radius 1 is 1.05 bits per heavy atom. The van der Waals surface area contributed by atoms with Crippen molar-refractivity contribution >= 4 is 36.4 Å². The van der Waals surface area contributed by atoms with Crippen molar-refractivity contribution in [2.45, 2.75) is 58.8 Å². The zero-order valence-corrected chi connectivity index (χ0v) is 25.4. The highest BCUT2D eigenvalue weighted by atomic mass is 28.3. The minimum atomic E-state index is -1.26. The van der Waals surface area contributed by atoms with Gasteiger partial charge < -0.3 is 25.0 Å². The van der Waals surface area contributed by atoms with E-state index >= 15 is 0 Å². The summed E-state index contributed by atoms with van der Waals surface area (Å²) in [6.07, 6.45) is 1.05. The second-order valence-corrected chi connectivity index (χ2v) is 18.3. The van der Waals surface area contributed by atoms with Gasteiger partial charge in [-0.15, -0.1) is 0 Å². The zero-order valence-electron chi connectivity index (χ0n) is 24.4. The van der Waals surface area contributed by atoms with Gasteiger partial charge in [-0.1, -0.05) is 19.6 Å². The first-order valence-electron chi connectivity index (χ1n) is 13.6. The fourth-order valence-electron chi connectivity index (χ4n) is 4.65. The van der Waals surface area contributed by atoms with E-state index in [1.165, 1.54) is 9.13 Å². The van der Waals surface area contributed by atoms with Crippen LogP contribution in [0.5, 0.6) is 0 Å². The quantitative estimate of drug-likeness (QED) is 0.328. The Kier molecular flexibility index (Phi) is 8.29. The molecule has 39 heavy (non-hydrogen) atoms. The van der Waals surface area contributed by atoms with Gasteiger partial charge in [0.15, 0.2) is 0 Å². The molecule has 1 fully saturated rings. The molecule has 0 aliphatic carbocycles. The fourth-order valence-corrected chi connectivity index (χ4v) is 5.40. The number of aromatic nitrogens is 2. The summed E-state index contributed by atoms with van der Waals surface area (Å²) >= 11 is 0. The summed E-state index contributed by atoms with van der Waals surface area (Å²) in [6, 6.07) is 10.5. The van der Waals surface area contributed by atoms with E-state index in [2.05, 4.69) is 42.6 Å². The van der Waals surface area contributed by atoms with Crippen LogP contribution >= 0.6 is 0 Å². The number of nitrogens with zero attached hydrogens (tertiary/aromatic N) is 4. The zero-order chi connectivity index (χ0) is 28.5. The van der Waals surface area contributed by atoms with Crippen LogP contribution in [0.1, 0.15) is 20.8 Å². The van der Waals surface area contributed by atoms with Gasteiger partial charge in [0, 0.05) is 63.8 Å². The van der Waals surface area contributed by atoms with E-state index in [1.807, 2.05) is 39.0 Å². The van der Waals surface area contributed by atoms with Crippen molar-refractivity contribution in [2.75, 3.05) is 50.5 Å². The van der Waals surface area contributed by atoms with Gasteiger partial charge in [0.1, 0.15) is 12.3 Å². The smallest absolute Gasteiger partial charge is 0.419 e. The highest BCUT2D eigenvalue weighted by molar-refractivity contribution is 6.76. The molecule has 2 N–H and O–H groups in total. The molecule has 0 amide bonds. The van der Waals surface area contributed by atoms with E-state index in [0.717, 1.165) is 43.3 Å². The van der Waals surface area contributed by atoms with Gasteiger partial charge in [0.25, 0.3) is 5.56 Å². The van der Waals surface area contributed by atoms with Crippen LogP contribution in [0.2, 0.25) is 25.7 Å². The lowest BCUT2D eigenvalue weighted by molar-refractivity contribution is 0.0547. The van der Waals surface area contributed by atoms with Crippen LogP contribution in [-0.2, 0) is 16.2 Å². The Hall–Kier alpha value is -3.08. The molecule has 1 aliphatic rings. The third kappa shape index (κ3) is 7.12. The van der Waals surface area contributed by atoms with Crippen molar-refractivity contribution in [1.29, 1.82) is 0 Å². The molecule has 9 nitrogen and oxygen atoms in total. The maximum atomic E-state index is 13.7. The van der Waals surface area contributed by atoms with Crippen molar-refractivity contribution in [3.05, 3.63) is 46.9 Å². The number of carbonyl (C=O) groups is 1. The van der Waals surface area contributed by atoms with E-state index in [0.29, 0.717) is 29.1 Å². The van der Waals surface area contributed by atoms with Crippen LogP contribution in [0.15, 0.2) is 41.3 Å². The molecule has 1 aliphatic heterocycles. The molecule has 0 spiro atoms. The molecule has 0 radical (unpaired) electrons. The second kappa shape index (κ2) is 11.2. The monoisotopic (exact) mass is 553 g/mol. The average Bonchev–Trinajstić information content (AvgIpc) is 3.21. The molecule has 0 unspecified atom stereocenters. The molecule has 1 aromatic carbocycles. The highest BCUT2D eigenvalue weighted by Gasteiger charge is 2.25. The number of anilines is 2. The lowest BCUT2D eigenvalue weighted by atomic mass is 10.1. The van der Waals surface area contributed by atoms with E-state index in [9.17, 15) is 9.59 Å². The third-order valence-electron chi connectivity index (χ3n) is 6.84. The predicted molar refractivity (Wildman–Crippen MR) is 161 cm³/mol. The van der Waals surface area contributed by atoms with Crippen LogP contribution in [0.4, 0.5) is 16.2 Å². The van der Waals surface area contributed by atoms with Crippen LogP contribution in [-0.4, -0.2) is 73.6 Å². The third-order valence-corrected chi connectivity index (χ3v) is 8.54. The van der Waals surface area contributed by atoms with Crippen LogP contribution in [0.25, 0.3) is 22.2 Å². The summed E-state index contributed by atoms with van der Waals surface area (Å²) in [5, 5.41) is 0.854. The maximum absolute atomic E-state index is 13.7. The summed E-state index contributed by atoms with van der Waals surface area (Å²) in [5.41, 5.74) is 8.22. The van der Waals surface area contributed by atoms with E-state index in [4.69, 9.17) is 15.2 Å².